The molecule has 1 aliphatic heterocycles. The molecule has 0 radical (unpaired) electrons. The number of hydrogen-bond acceptors (Lipinski definition) is 3. The molecule has 2 N–H and O–H groups in total. The van der Waals surface area contributed by atoms with Crippen molar-refractivity contribution in [2.45, 2.75) is 46.2 Å². The van der Waals surface area contributed by atoms with Crippen molar-refractivity contribution in [2.24, 2.45) is 0 Å². The van der Waals surface area contributed by atoms with E-state index < -0.39 is 0 Å². The highest BCUT2D eigenvalue weighted by molar-refractivity contribution is 7.80. The van der Waals surface area contributed by atoms with Gasteiger partial charge in [-0.3, -0.25) is 9.78 Å². The predicted octanol–water partition coefficient (Wildman–Crippen LogP) is 6.11. The summed E-state index contributed by atoms with van der Waals surface area (Å²) in [4.78, 5) is 19.8. The van der Waals surface area contributed by atoms with Crippen molar-refractivity contribution < 1.29 is 4.79 Å². The largest absolute Gasteiger partial charge is 0.352 e. The van der Waals surface area contributed by atoms with Crippen molar-refractivity contribution in [3.63, 3.8) is 0 Å². The van der Waals surface area contributed by atoms with E-state index in [0.29, 0.717) is 18.1 Å². The number of aromatic nitrogens is 2. The maximum atomic E-state index is 13.0. The molecule has 6 nitrogen and oxygen atoms in total. The Labute approximate surface area is 229 Å². The summed E-state index contributed by atoms with van der Waals surface area (Å²) in [5.74, 6) is -0.0337. The summed E-state index contributed by atoms with van der Waals surface area (Å²) in [5.41, 5.74) is 8.73. The van der Waals surface area contributed by atoms with Gasteiger partial charge in [0.15, 0.2) is 5.11 Å². The molecule has 1 saturated heterocycles. The van der Waals surface area contributed by atoms with Crippen molar-refractivity contribution in [2.75, 3.05) is 11.9 Å². The molecule has 4 aromatic rings. The van der Waals surface area contributed by atoms with E-state index in [0.717, 1.165) is 28.3 Å². The molecule has 0 saturated carbocycles. The summed E-state index contributed by atoms with van der Waals surface area (Å²) in [6.07, 6.45) is 2.13. The molecule has 0 aliphatic carbocycles. The number of carbonyl (C=O) groups excluding carboxylic acids is 1. The van der Waals surface area contributed by atoms with Gasteiger partial charge >= 0.3 is 0 Å². The summed E-state index contributed by atoms with van der Waals surface area (Å²) >= 11 is 5.87. The first kappa shape index (κ1) is 25.7. The van der Waals surface area contributed by atoms with Gasteiger partial charge in [-0.15, -0.1) is 0 Å². The molecule has 2 aromatic heterocycles. The first-order chi connectivity index (χ1) is 18.4. The fourth-order valence-electron chi connectivity index (χ4n) is 5.51. The van der Waals surface area contributed by atoms with Crippen LogP contribution in [0.1, 0.15) is 52.3 Å². The highest BCUT2D eigenvalue weighted by Crippen LogP contribution is 2.43. The molecule has 7 heteroatoms. The quantitative estimate of drug-likeness (QED) is 0.286. The van der Waals surface area contributed by atoms with Crippen LogP contribution in [-0.2, 0) is 4.79 Å². The number of para-hydroxylation sites is 2. The average Bonchev–Trinajstić information content (AvgIpc) is 3.36. The van der Waals surface area contributed by atoms with E-state index in [9.17, 15) is 4.79 Å². The lowest BCUT2D eigenvalue weighted by Gasteiger charge is -2.29. The monoisotopic (exact) mass is 523 g/mol. The fraction of sp³-hybridized carbons (Fsp3) is 0.258. The smallest absolute Gasteiger partial charge is 0.226 e. The van der Waals surface area contributed by atoms with E-state index in [4.69, 9.17) is 12.2 Å². The van der Waals surface area contributed by atoms with E-state index in [1.54, 1.807) is 0 Å². The molecule has 2 aromatic carbocycles. The van der Waals surface area contributed by atoms with Gasteiger partial charge in [0.2, 0.25) is 5.91 Å². The maximum absolute atomic E-state index is 13.0. The number of hydrogen-bond donors (Lipinski definition) is 2. The fourth-order valence-corrected chi connectivity index (χ4v) is 5.85. The second-order valence-electron chi connectivity index (χ2n) is 9.81. The van der Waals surface area contributed by atoms with Gasteiger partial charge in [-0.05, 0) is 81.4 Å². The number of amides is 1. The predicted molar refractivity (Wildman–Crippen MR) is 157 cm³/mol. The zero-order valence-electron chi connectivity index (χ0n) is 22.2. The Morgan fingerprint density at radius 3 is 2.37 bits per heavy atom. The van der Waals surface area contributed by atoms with Crippen LogP contribution in [0.5, 0.6) is 0 Å². The summed E-state index contributed by atoms with van der Waals surface area (Å²) in [6.45, 7) is 8.99. The zero-order valence-corrected chi connectivity index (χ0v) is 23.0. The molecule has 5 rings (SSSR count). The Hall–Kier alpha value is -3.97. The Morgan fingerprint density at radius 1 is 0.947 bits per heavy atom. The van der Waals surface area contributed by atoms with Crippen molar-refractivity contribution in [1.82, 2.24) is 19.8 Å². The van der Waals surface area contributed by atoms with E-state index in [2.05, 4.69) is 70.1 Å². The SMILES string of the molecule is Cc1ccccc1NC(=O)CCN1C(=S)N[C@@H](c2ccccn2)[C@H]1c1c(C)c(C)n(-c2ccccc2)c1C. The van der Waals surface area contributed by atoms with Crippen LogP contribution in [0.25, 0.3) is 5.69 Å². The minimum atomic E-state index is -0.133. The molecule has 0 unspecified atom stereocenters. The van der Waals surface area contributed by atoms with Crippen molar-refractivity contribution >= 4 is 28.9 Å². The lowest BCUT2D eigenvalue weighted by Crippen LogP contribution is -2.33. The Bertz CT molecular complexity index is 1460. The number of pyridine rings is 1. The van der Waals surface area contributed by atoms with Crippen LogP contribution in [0.3, 0.4) is 0 Å². The number of carbonyl (C=O) groups is 1. The van der Waals surface area contributed by atoms with Crippen LogP contribution in [0, 0.1) is 27.7 Å². The van der Waals surface area contributed by atoms with Crippen molar-refractivity contribution in [3.05, 3.63) is 113 Å². The van der Waals surface area contributed by atoms with Crippen LogP contribution < -0.4 is 10.6 Å². The van der Waals surface area contributed by atoms with Crippen LogP contribution in [-0.4, -0.2) is 32.0 Å². The van der Waals surface area contributed by atoms with E-state index >= 15 is 0 Å². The molecule has 38 heavy (non-hydrogen) atoms. The highest BCUT2D eigenvalue weighted by Gasteiger charge is 2.42. The number of nitrogens with one attached hydrogen (secondary N) is 2. The third kappa shape index (κ3) is 4.82. The molecule has 0 spiro atoms. The minimum Gasteiger partial charge on any atom is -0.352 e. The van der Waals surface area contributed by atoms with Crippen LogP contribution in [0.2, 0.25) is 0 Å². The van der Waals surface area contributed by atoms with Gasteiger partial charge in [0, 0.05) is 47.5 Å². The van der Waals surface area contributed by atoms with Crippen molar-refractivity contribution in [1.29, 1.82) is 0 Å². The molecule has 1 fully saturated rings. The summed E-state index contributed by atoms with van der Waals surface area (Å²) in [7, 11) is 0. The molecule has 3 heterocycles. The van der Waals surface area contributed by atoms with Gasteiger partial charge in [-0.25, -0.2) is 0 Å². The second kappa shape index (κ2) is 10.8. The highest BCUT2D eigenvalue weighted by atomic mass is 32.1. The molecule has 1 aliphatic rings. The number of rotatable bonds is 7. The topological polar surface area (TPSA) is 62.2 Å². The molecule has 1 amide bonds. The number of benzene rings is 2. The van der Waals surface area contributed by atoms with Gasteiger partial charge in [-0.1, -0.05) is 42.5 Å². The molecular weight excluding hydrogens is 490 g/mol. The van der Waals surface area contributed by atoms with Gasteiger partial charge in [-0.2, -0.15) is 0 Å². The summed E-state index contributed by atoms with van der Waals surface area (Å²) in [5, 5.41) is 7.22. The minimum absolute atomic E-state index is 0.0337. The summed E-state index contributed by atoms with van der Waals surface area (Å²) in [6, 6.07) is 24.0. The van der Waals surface area contributed by atoms with Gasteiger partial charge in [0.25, 0.3) is 0 Å². The lowest BCUT2D eigenvalue weighted by atomic mass is 9.93. The van der Waals surface area contributed by atoms with Crippen molar-refractivity contribution in [3.8, 4) is 5.69 Å². The van der Waals surface area contributed by atoms with Gasteiger partial charge in [0.1, 0.15) is 0 Å². The Balaban J connectivity index is 1.50. The summed E-state index contributed by atoms with van der Waals surface area (Å²) < 4.78 is 2.31. The van der Waals surface area contributed by atoms with Gasteiger partial charge in [0.05, 0.1) is 17.8 Å². The lowest BCUT2D eigenvalue weighted by molar-refractivity contribution is -0.116. The number of anilines is 1. The number of nitrogens with zero attached hydrogens (tertiary/aromatic N) is 3. The zero-order chi connectivity index (χ0) is 26.8. The number of aryl methyl sites for hydroxylation is 1. The third-order valence-electron chi connectivity index (χ3n) is 7.51. The number of thiocarbonyl (C=S) groups is 1. The Kier molecular flexibility index (Phi) is 7.29. The van der Waals surface area contributed by atoms with E-state index in [1.807, 2.05) is 61.7 Å². The van der Waals surface area contributed by atoms with Crippen LogP contribution in [0.15, 0.2) is 79.0 Å². The first-order valence-electron chi connectivity index (χ1n) is 12.9. The second-order valence-corrected chi connectivity index (χ2v) is 10.2. The third-order valence-corrected chi connectivity index (χ3v) is 7.87. The van der Waals surface area contributed by atoms with Crippen LogP contribution in [0.4, 0.5) is 5.69 Å². The van der Waals surface area contributed by atoms with Gasteiger partial charge < -0.3 is 20.1 Å². The normalized spacial score (nSPS) is 16.9. The van der Waals surface area contributed by atoms with E-state index in [-0.39, 0.29) is 18.0 Å². The molecule has 0 bridgehead atoms. The van der Waals surface area contributed by atoms with Crippen LogP contribution >= 0.6 is 12.2 Å². The Morgan fingerprint density at radius 2 is 1.66 bits per heavy atom. The molecular formula is C31H33N5OS. The molecule has 2 atom stereocenters. The average molecular weight is 524 g/mol. The molecule has 194 valence electrons. The standard InChI is InChI=1S/C31H33N5OS/c1-20-12-8-9-15-25(20)33-27(37)17-19-35-30(29(34-31(35)38)26-16-10-11-18-32-26)28-21(2)22(3)36(23(28)4)24-13-6-5-7-14-24/h5-16,18,29-30H,17,19H2,1-4H3,(H,33,37)(H,34,38)/t29-,30+/m0/s1. The first-order valence-corrected chi connectivity index (χ1v) is 13.3. The van der Waals surface area contributed by atoms with E-state index in [1.165, 1.54) is 16.8 Å². The maximum Gasteiger partial charge on any atom is 0.226 e.